The fraction of sp³-hybridized carbons (Fsp3) is 0.304. The van der Waals surface area contributed by atoms with Gasteiger partial charge in [-0.3, -0.25) is 25.2 Å². The molecule has 0 spiro atoms. The second-order valence-electron chi connectivity index (χ2n) is 7.27. The second-order valence-corrected chi connectivity index (χ2v) is 8.44. The monoisotopic (exact) mass is 438 g/mol. The van der Waals surface area contributed by atoms with Gasteiger partial charge >= 0.3 is 0 Å². The fourth-order valence-electron chi connectivity index (χ4n) is 3.08. The second kappa shape index (κ2) is 10.3. The number of hydrazine groups is 1. The Morgan fingerprint density at radius 2 is 1.77 bits per heavy atom. The molecule has 0 saturated carbocycles. The highest BCUT2D eigenvalue weighted by Gasteiger charge is 2.17. The summed E-state index contributed by atoms with van der Waals surface area (Å²) in [6, 6.07) is 13.0. The minimum Gasteiger partial charge on any atom is -0.273 e. The first-order valence-electron chi connectivity index (χ1n) is 10.2. The van der Waals surface area contributed by atoms with Gasteiger partial charge in [0, 0.05) is 29.0 Å². The molecule has 0 aliphatic heterocycles. The summed E-state index contributed by atoms with van der Waals surface area (Å²) >= 11 is 1.59. The van der Waals surface area contributed by atoms with Gasteiger partial charge in [-0.2, -0.15) is 5.10 Å². The lowest BCUT2D eigenvalue weighted by atomic mass is 10.1. The predicted octanol–water partition coefficient (Wildman–Crippen LogP) is 3.37. The number of rotatable bonds is 7. The van der Waals surface area contributed by atoms with Gasteiger partial charge in [-0.15, -0.1) is 11.8 Å². The van der Waals surface area contributed by atoms with E-state index in [4.69, 9.17) is 0 Å². The van der Waals surface area contributed by atoms with Gasteiger partial charge < -0.3 is 0 Å². The van der Waals surface area contributed by atoms with Crippen molar-refractivity contribution < 1.29 is 9.59 Å². The predicted molar refractivity (Wildman–Crippen MR) is 123 cm³/mol. The number of hydrogen-bond acceptors (Lipinski definition) is 5. The summed E-state index contributed by atoms with van der Waals surface area (Å²) in [5, 5.41) is 5.10. The van der Waals surface area contributed by atoms with Gasteiger partial charge in [0.2, 0.25) is 5.91 Å². The molecule has 8 heteroatoms. The lowest BCUT2D eigenvalue weighted by Gasteiger charge is -2.11. The van der Waals surface area contributed by atoms with Crippen molar-refractivity contribution in [3.8, 4) is 0 Å². The number of amides is 2. The van der Waals surface area contributed by atoms with Crippen LogP contribution in [0.25, 0.3) is 10.8 Å². The third-order valence-electron chi connectivity index (χ3n) is 4.91. The highest BCUT2D eigenvalue weighted by Crippen LogP contribution is 2.21. The maximum atomic E-state index is 12.7. The van der Waals surface area contributed by atoms with Gasteiger partial charge in [-0.25, -0.2) is 4.68 Å². The number of fused-ring (bicyclic) bond motifs is 1. The van der Waals surface area contributed by atoms with E-state index in [2.05, 4.69) is 41.9 Å². The van der Waals surface area contributed by atoms with Crippen LogP contribution < -0.4 is 16.4 Å². The Balaban J connectivity index is 1.61. The van der Waals surface area contributed by atoms with E-state index in [1.165, 1.54) is 15.8 Å². The van der Waals surface area contributed by atoms with Crippen molar-refractivity contribution in [3.05, 3.63) is 69.6 Å². The molecule has 1 heterocycles. The maximum absolute atomic E-state index is 12.7. The van der Waals surface area contributed by atoms with E-state index in [-0.39, 0.29) is 23.6 Å². The highest BCUT2D eigenvalue weighted by atomic mass is 32.2. The lowest BCUT2D eigenvalue weighted by molar-refractivity contribution is -0.121. The molecule has 0 atom stereocenters. The molecule has 0 aliphatic rings. The van der Waals surface area contributed by atoms with E-state index >= 15 is 0 Å². The normalized spacial score (nSPS) is 10.8. The van der Waals surface area contributed by atoms with Crippen LogP contribution in [-0.4, -0.2) is 27.3 Å². The summed E-state index contributed by atoms with van der Waals surface area (Å²) in [6.07, 6.45) is 0.961. The van der Waals surface area contributed by atoms with Gasteiger partial charge in [0.05, 0.1) is 5.39 Å². The van der Waals surface area contributed by atoms with E-state index < -0.39 is 5.91 Å². The number of carbonyl (C=O) groups is 2. The molecule has 3 rings (SSSR count). The summed E-state index contributed by atoms with van der Waals surface area (Å²) in [4.78, 5) is 38.5. The van der Waals surface area contributed by atoms with E-state index in [0.29, 0.717) is 29.5 Å². The van der Waals surface area contributed by atoms with Crippen molar-refractivity contribution in [2.75, 3.05) is 5.75 Å². The van der Waals surface area contributed by atoms with E-state index in [0.717, 1.165) is 4.90 Å². The molecule has 0 saturated heterocycles. The molecule has 162 valence electrons. The van der Waals surface area contributed by atoms with Crippen LogP contribution in [0.4, 0.5) is 0 Å². The van der Waals surface area contributed by atoms with Gasteiger partial charge in [-0.05, 0) is 49.6 Å². The zero-order valence-electron chi connectivity index (χ0n) is 17.9. The Morgan fingerprint density at radius 1 is 1.03 bits per heavy atom. The van der Waals surface area contributed by atoms with Crippen LogP contribution in [0, 0.1) is 13.8 Å². The van der Waals surface area contributed by atoms with Gasteiger partial charge in [-0.1, -0.05) is 31.2 Å². The Labute approximate surface area is 185 Å². The average molecular weight is 439 g/mol. The molecule has 2 aromatic carbocycles. The van der Waals surface area contributed by atoms with Gasteiger partial charge in [0.15, 0.2) is 5.69 Å². The molecule has 1 aromatic heterocycles. The lowest BCUT2D eigenvalue weighted by Crippen LogP contribution is -2.43. The standard InChI is InChI=1S/C23H26N4O3S/c1-4-12-27-23(30)19-8-6-5-7-18(19)21(26-27)22(29)25-24-20(28)11-13-31-17-10-9-15(2)16(3)14-17/h5-10,14H,4,11-13H2,1-3H3,(H,24,28)(H,25,29). The summed E-state index contributed by atoms with van der Waals surface area (Å²) in [5.41, 5.74) is 7.18. The number of carbonyl (C=O) groups excluding carboxylic acids is 2. The molecular formula is C23H26N4O3S. The molecule has 2 N–H and O–H groups in total. The van der Waals surface area contributed by atoms with Crippen molar-refractivity contribution >= 4 is 34.3 Å². The number of hydrogen-bond donors (Lipinski definition) is 2. The first-order chi connectivity index (χ1) is 14.9. The molecule has 3 aromatic rings. The van der Waals surface area contributed by atoms with Crippen molar-refractivity contribution in [1.82, 2.24) is 20.6 Å². The van der Waals surface area contributed by atoms with Crippen molar-refractivity contribution in [2.24, 2.45) is 0 Å². The van der Waals surface area contributed by atoms with Crippen LogP contribution in [0.1, 0.15) is 41.4 Å². The molecule has 0 bridgehead atoms. The molecule has 0 radical (unpaired) electrons. The Morgan fingerprint density at radius 3 is 2.48 bits per heavy atom. The van der Waals surface area contributed by atoms with Crippen LogP contribution in [0.15, 0.2) is 52.2 Å². The van der Waals surface area contributed by atoms with Crippen LogP contribution in [0.2, 0.25) is 0 Å². The highest BCUT2D eigenvalue weighted by molar-refractivity contribution is 7.99. The van der Waals surface area contributed by atoms with Crippen molar-refractivity contribution in [1.29, 1.82) is 0 Å². The smallest absolute Gasteiger partial charge is 0.273 e. The Kier molecular flexibility index (Phi) is 7.46. The molecule has 31 heavy (non-hydrogen) atoms. The third kappa shape index (κ3) is 5.52. The van der Waals surface area contributed by atoms with Crippen LogP contribution >= 0.6 is 11.8 Å². The maximum Gasteiger partial charge on any atom is 0.290 e. The topological polar surface area (TPSA) is 93.1 Å². The Bertz CT molecular complexity index is 1170. The van der Waals surface area contributed by atoms with Crippen molar-refractivity contribution in [2.45, 2.75) is 45.1 Å². The van der Waals surface area contributed by atoms with Crippen LogP contribution in [0.3, 0.4) is 0 Å². The molecule has 0 aliphatic carbocycles. The average Bonchev–Trinajstić information content (AvgIpc) is 2.76. The molecular weight excluding hydrogens is 412 g/mol. The van der Waals surface area contributed by atoms with E-state index in [9.17, 15) is 14.4 Å². The quantitative estimate of drug-likeness (QED) is 0.436. The summed E-state index contributed by atoms with van der Waals surface area (Å²) in [6.45, 7) is 6.46. The number of aromatic nitrogens is 2. The minimum absolute atomic E-state index is 0.105. The number of nitrogens with one attached hydrogen (secondary N) is 2. The number of thioether (sulfide) groups is 1. The van der Waals surface area contributed by atoms with E-state index in [1.54, 1.807) is 36.0 Å². The zero-order valence-corrected chi connectivity index (χ0v) is 18.7. The molecule has 0 unspecified atom stereocenters. The molecule has 0 fully saturated rings. The first-order valence-corrected chi connectivity index (χ1v) is 11.2. The fourth-order valence-corrected chi connectivity index (χ4v) is 4.03. The summed E-state index contributed by atoms with van der Waals surface area (Å²) in [5.74, 6) is -0.265. The van der Waals surface area contributed by atoms with Crippen LogP contribution in [-0.2, 0) is 11.3 Å². The van der Waals surface area contributed by atoms with E-state index in [1.807, 2.05) is 13.0 Å². The SMILES string of the molecule is CCCn1nc(C(=O)NNC(=O)CCSc2ccc(C)c(C)c2)c2ccccc2c1=O. The number of benzene rings is 2. The Hall–Kier alpha value is -3.13. The minimum atomic E-state index is -0.559. The summed E-state index contributed by atoms with van der Waals surface area (Å²) < 4.78 is 1.29. The van der Waals surface area contributed by atoms with Gasteiger partial charge in [0.1, 0.15) is 0 Å². The zero-order chi connectivity index (χ0) is 22.4. The largest absolute Gasteiger partial charge is 0.290 e. The number of nitrogens with zero attached hydrogens (tertiary/aromatic N) is 2. The number of aryl methyl sites for hydroxylation is 3. The first kappa shape index (κ1) is 22.6. The third-order valence-corrected chi connectivity index (χ3v) is 5.91. The van der Waals surface area contributed by atoms with Crippen molar-refractivity contribution in [3.63, 3.8) is 0 Å². The molecule has 7 nitrogen and oxygen atoms in total. The summed E-state index contributed by atoms with van der Waals surface area (Å²) in [7, 11) is 0. The molecule has 2 amide bonds. The van der Waals surface area contributed by atoms with Crippen LogP contribution in [0.5, 0.6) is 0 Å². The van der Waals surface area contributed by atoms with Gasteiger partial charge in [0.25, 0.3) is 11.5 Å².